The number of aromatic nitrogens is 2. The van der Waals surface area contributed by atoms with E-state index in [2.05, 4.69) is 0 Å². The van der Waals surface area contributed by atoms with Gasteiger partial charge in [0, 0.05) is 24.5 Å². The molecule has 1 aliphatic rings. The number of rotatable bonds is 6. The van der Waals surface area contributed by atoms with Crippen LogP contribution in [0, 0.1) is 0 Å². The Morgan fingerprint density at radius 2 is 2.04 bits per heavy atom. The minimum absolute atomic E-state index is 0.0553. The lowest BCUT2D eigenvalue weighted by molar-refractivity contribution is -0.127. The topological polar surface area (TPSA) is 55.2 Å². The van der Waals surface area contributed by atoms with Crippen LogP contribution in [0.3, 0.4) is 0 Å². The lowest BCUT2D eigenvalue weighted by Gasteiger charge is -2.18. The molecule has 5 nitrogen and oxygen atoms in total. The van der Waals surface area contributed by atoms with Gasteiger partial charge in [-0.05, 0) is 45.6 Å². The number of amides is 1. The van der Waals surface area contributed by atoms with E-state index in [0.29, 0.717) is 30.5 Å². The highest BCUT2D eigenvalue weighted by molar-refractivity contribution is 7.99. The van der Waals surface area contributed by atoms with Crippen molar-refractivity contribution in [3.05, 3.63) is 20.8 Å². The quantitative estimate of drug-likeness (QED) is 0.583. The third-order valence-electron chi connectivity index (χ3n) is 4.55. The van der Waals surface area contributed by atoms with Crippen molar-refractivity contribution in [3.8, 4) is 0 Å². The van der Waals surface area contributed by atoms with Crippen LogP contribution in [-0.2, 0) is 24.2 Å². The molecule has 1 amide bonds. The van der Waals surface area contributed by atoms with Crippen molar-refractivity contribution >= 4 is 39.2 Å². The van der Waals surface area contributed by atoms with Crippen molar-refractivity contribution in [2.24, 2.45) is 0 Å². The maximum Gasteiger partial charge on any atom is 0.263 e. The Bertz CT molecular complexity index is 821. The standard InChI is InChI=1S/C17H23N3O2S2/c1-4-19(5-2)13(21)10-23-17-18-15-14(16(22)20(17)6-3)11-8-7-9-12(11)24-15/h4-10H2,1-3H3. The van der Waals surface area contributed by atoms with Gasteiger partial charge in [0.25, 0.3) is 5.56 Å². The fraction of sp³-hybridized carbons (Fsp3) is 0.588. The highest BCUT2D eigenvalue weighted by Crippen LogP contribution is 2.35. The molecule has 24 heavy (non-hydrogen) atoms. The van der Waals surface area contributed by atoms with E-state index >= 15 is 0 Å². The lowest BCUT2D eigenvalue weighted by Crippen LogP contribution is -2.32. The predicted octanol–water partition coefficient (Wildman–Crippen LogP) is 2.93. The van der Waals surface area contributed by atoms with Crippen LogP contribution >= 0.6 is 23.1 Å². The van der Waals surface area contributed by atoms with Gasteiger partial charge >= 0.3 is 0 Å². The Labute approximate surface area is 150 Å². The minimum Gasteiger partial charge on any atom is -0.343 e. The molecule has 130 valence electrons. The average Bonchev–Trinajstić information content (AvgIpc) is 3.14. The van der Waals surface area contributed by atoms with Crippen LogP contribution in [0.15, 0.2) is 9.95 Å². The smallest absolute Gasteiger partial charge is 0.263 e. The number of hydrogen-bond acceptors (Lipinski definition) is 5. The number of carbonyl (C=O) groups excluding carboxylic acids is 1. The molecule has 2 aromatic heterocycles. The van der Waals surface area contributed by atoms with Crippen molar-refractivity contribution in [3.63, 3.8) is 0 Å². The van der Waals surface area contributed by atoms with Crippen LogP contribution in [0.5, 0.6) is 0 Å². The zero-order valence-corrected chi connectivity index (χ0v) is 16.1. The normalized spacial score (nSPS) is 13.5. The number of nitrogens with zero attached hydrogens (tertiary/aromatic N) is 3. The molecule has 0 saturated carbocycles. The zero-order valence-electron chi connectivity index (χ0n) is 14.4. The summed E-state index contributed by atoms with van der Waals surface area (Å²) in [6.07, 6.45) is 3.19. The second-order valence-corrected chi connectivity index (χ2v) is 7.86. The Kier molecular flexibility index (Phi) is 5.30. The molecule has 2 heterocycles. The van der Waals surface area contributed by atoms with Crippen LogP contribution in [0.4, 0.5) is 0 Å². The summed E-state index contributed by atoms with van der Waals surface area (Å²) in [5.74, 6) is 0.417. The molecule has 0 spiro atoms. The molecule has 2 aromatic rings. The van der Waals surface area contributed by atoms with Gasteiger partial charge in [-0.25, -0.2) is 4.98 Å². The van der Waals surface area contributed by atoms with E-state index in [4.69, 9.17) is 4.98 Å². The zero-order chi connectivity index (χ0) is 17.3. The van der Waals surface area contributed by atoms with E-state index in [-0.39, 0.29) is 11.5 Å². The van der Waals surface area contributed by atoms with Crippen LogP contribution in [0.1, 0.15) is 37.6 Å². The van der Waals surface area contributed by atoms with Crippen molar-refractivity contribution in [2.75, 3.05) is 18.8 Å². The molecule has 7 heteroatoms. The summed E-state index contributed by atoms with van der Waals surface area (Å²) >= 11 is 3.03. The van der Waals surface area contributed by atoms with Gasteiger partial charge in [-0.3, -0.25) is 14.2 Å². The largest absolute Gasteiger partial charge is 0.343 e. The third kappa shape index (κ3) is 2.99. The fourth-order valence-electron chi connectivity index (χ4n) is 3.24. The maximum atomic E-state index is 12.9. The second kappa shape index (κ2) is 7.27. The fourth-order valence-corrected chi connectivity index (χ4v) is 5.51. The molecule has 0 saturated heterocycles. The Balaban J connectivity index is 1.94. The third-order valence-corrected chi connectivity index (χ3v) is 6.69. The minimum atomic E-state index is 0.0553. The van der Waals surface area contributed by atoms with Gasteiger partial charge in [0.15, 0.2) is 5.16 Å². The van der Waals surface area contributed by atoms with E-state index in [1.165, 1.54) is 22.2 Å². The number of thioether (sulfide) groups is 1. The molecular weight excluding hydrogens is 342 g/mol. The molecule has 0 unspecified atom stereocenters. The highest BCUT2D eigenvalue weighted by atomic mass is 32.2. The number of fused-ring (bicyclic) bond motifs is 3. The molecule has 0 bridgehead atoms. The number of thiophene rings is 1. The van der Waals surface area contributed by atoms with E-state index in [9.17, 15) is 9.59 Å². The van der Waals surface area contributed by atoms with Gasteiger partial charge in [-0.2, -0.15) is 0 Å². The van der Waals surface area contributed by atoms with E-state index in [0.717, 1.165) is 29.5 Å². The summed E-state index contributed by atoms with van der Waals surface area (Å²) in [5.41, 5.74) is 1.27. The lowest BCUT2D eigenvalue weighted by atomic mass is 10.2. The van der Waals surface area contributed by atoms with Crippen molar-refractivity contribution in [1.29, 1.82) is 0 Å². The van der Waals surface area contributed by atoms with Crippen LogP contribution in [0.2, 0.25) is 0 Å². The van der Waals surface area contributed by atoms with Gasteiger partial charge in [-0.1, -0.05) is 11.8 Å². The predicted molar refractivity (Wildman–Crippen MR) is 100 cm³/mol. The van der Waals surface area contributed by atoms with E-state index in [1.54, 1.807) is 20.8 Å². The Hall–Kier alpha value is -1.34. The van der Waals surface area contributed by atoms with E-state index < -0.39 is 0 Å². The van der Waals surface area contributed by atoms with Gasteiger partial charge in [0.2, 0.25) is 5.91 Å². The molecule has 0 aromatic carbocycles. The molecule has 0 aliphatic heterocycles. The van der Waals surface area contributed by atoms with E-state index in [1.807, 2.05) is 20.8 Å². The first kappa shape index (κ1) is 17.5. The molecular formula is C17H23N3O2S2. The summed E-state index contributed by atoms with van der Waals surface area (Å²) in [4.78, 5) is 33.8. The molecule has 0 N–H and O–H groups in total. The summed E-state index contributed by atoms with van der Waals surface area (Å²) < 4.78 is 1.72. The molecule has 0 fully saturated rings. The number of aryl methyl sites for hydroxylation is 2. The second-order valence-electron chi connectivity index (χ2n) is 5.84. The van der Waals surface area contributed by atoms with Gasteiger partial charge < -0.3 is 4.90 Å². The Morgan fingerprint density at radius 1 is 1.29 bits per heavy atom. The van der Waals surface area contributed by atoms with Crippen molar-refractivity contribution < 1.29 is 4.79 Å². The summed E-state index contributed by atoms with van der Waals surface area (Å²) in [6, 6.07) is 0. The average molecular weight is 366 g/mol. The summed E-state index contributed by atoms with van der Waals surface area (Å²) in [6.45, 7) is 7.91. The molecule has 1 aliphatic carbocycles. The molecule has 0 atom stereocenters. The maximum absolute atomic E-state index is 12.9. The molecule has 0 radical (unpaired) electrons. The van der Waals surface area contributed by atoms with Crippen molar-refractivity contribution in [2.45, 2.75) is 51.7 Å². The SMILES string of the molecule is CCN(CC)C(=O)CSc1nc2sc3c(c2c(=O)n1CC)CCC3. The highest BCUT2D eigenvalue weighted by Gasteiger charge is 2.23. The van der Waals surface area contributed by atoms with Gasteiger partial charge in [0.05, 0.1) is 11.1 Å². The molecule has 3 rings (SSSR count). The summed E-state index contributed by atoms with van der Waals surface area (Å²) in [5, 5.41) is 1.48. The number of carbonyl (C=O) groups is 1. The number of hydrogen-bond donors (Lipinski definition) is 0. The monoisotopic (exact) mass is 365 g/mol. The van der Waals surface area contributed by atoms with Gasteiger partial charge in [0.1, 0.15) is 4.83 Å². The first-order chi connectivity index (χ1) is 11.6. The van der Waals surface area contributed by atoms with Crippen LogP contribution in [0.25, 0.3) is 10.2 Å². The van der Waals surface area contributed by atoms with Gasteiger partial charge in [-0.15, -0.1) is 11.3 Å². The first-order valence-corrected chi connectivity index (χ1v) is 10.4. The van der Waals surface area contributed by atoms with Crippen LogP contribution in [-0.4, -0.2) is 39.2 Å². The van der Waals surface area contributed by atoms with Crippen LogP contribution < -0.4 is 5.56 Å². The Morgan fingerprint density at radius 3 is 2.71 bits per heavy atom. The van der Waals surface area contributed by atoms with Crippen molar-refractivity contribution in [1.82, 2.24) is 14.5 Å². The first-order valence-electron chi connectivity index (χ1n) is 8.56. The summed E-state index contributed by atoms with van der Waals surface area (Å²) in [7, 11) is 0.